The summed E-state index contributed by atoms with van der Waals surface area (Å²) in [6.07, 6.45) is 0. The van der Waals surface area contributed by atoms with Crippen LogP contribution in [-0.2, 0) is 0 Å². The number of aryl methyl sites for hydroxylation is 1. The summed E-state index contributed by atoms with van der Waals surface area (Å²) in [6, 6.07) is 3.24. The molecule has 8 heteroatoms. The molecule has 0 bridgehead atoms. The Morgan fingerprint density at radius 1 is 1.20 bits per heavy atom. The second-order valence-corrected chi connectivity index (χ2v) is 4.31. The number of nitrogens with one attached hydrogen (secondary N) is 2. The van der Waals surface area contributed by atoms with Crippen LogP contribution in [0.15, 0.2) is 16.9 Å². The molecule has 0 amide bonds. The van der Waals surface area contributed by atoms with Gasteiger partial charge in [-0.2, -0.15) is 0 Å². The van der Waals surface area contributed by atoms with Crippen molar-refractivity contribution < 1.29 is 9.47 Å². The first-order chi connectivity index (χ1) is 9.55. The number of hydrogen-bond acceptors (Lipinski definition) is 6. The van der Waals surface area contributed by atoms with Crippen molar-refractivity contribution in [3.8, 4) is 11.5 Å². The van der Waals surface area contributed by atoms with Crippen LogP contribution in [-0.4, -0.2) is 29.4 Å². The molecule has 0 atom stereocenters. The topological polar surface area (TPSA) is 89.1 Å². The van der Waals surface area contributed by atoms with E-state index in [1.54, 1.807) is 19.1 Å². The molecule has 0 aliphatic carbocycles. The average Bonchev–Trinajstić information content (AvgIpc) is 2.44. The van der Waals surface area contributed by atoms with Crippen molar-refractivity contribution in [1.29, 1.82) is 0 Å². The molecule has 7 nitrogen and oxygen atoms in total. The van der Waals surface area contributed by atoms with Crippen LogP contribution in [0.5, 0.6) is 11.5 Å². The second kappa shape index (κ2) is 5.79. The first-order valence-corrected chi connectivity index (χ1v) is 6.05. The molecule has 20 heavy (non-hydrogen) atoms. The van der Waals surface area contributed by atoms with Gasteiger partial charge in [0.2, 0.25) is 5.95 Å². The molecule has 2 rings (SSSR count). The van der Waals surface area contributed by atoms with Gasteiger partial charge in [-0.3, -0.25) is 9.78 Å². The lowest BCUT2D eigenvalue weighted by Gasteiger charge is -2.12. The molecule has 0 unspecified atom stereocenters. The fraction of sp³-hybridized carbons (Fsp3) is 0.250. The Bertz CT molecular complexity index is 687. The number of ether oxygens (including phenoxy) is 2. The van der Waals surface area contributed by atoms with Gasteiger partial charge in [0.25, 0.3) is 5.56 Å². The van der Waals surface area contributed by atoms with Gasteiger partial charge in [0.15, 0.2) is 0 Å². The molecule has 1 aromatic carbocycles. The number of anilines is 2. The van der Waals surface area contributed by atoms with Crippen molar-refractivity contribution in [3.63, 3.8) is 0 Å². The molecule has 0 saturated heterocycles. The van der Waals surface area contributed by atoms with Gasteiger partial charge in [-0.1, -0.05) is 11.6 Å². The van der Waals surface area contributed by atoms with Crippen LogP contribution in [0, 0.1) is 6.92 Å². The van der Waals surface area contributed by atoms with Gasteiger partial charge in [-0.25, -0.2) is 0 Å². The minimum Gasteiger partial charge on any atom is -0.495 e. The largest absolute Gasteiger partial charge is 0.495 e. The summed E-state index contributed by atoms with van der Waals surface area (Å²) >= 11 is 6.01. The summed E-state index contributed by atoms with van der Waals surface area (Å²) in [5.74, 6) is 1.15. The average molecular weight is 297 g/mol. The lowest BCUT2D eigenvalue weighted by molar-refractivity contribution is 0.405. The smallest absolute Gasteiger partial charge is 0.273 e. The van der Waals surface area contributed by atoms with Gasteiger partial charge in [0.1, 0.15) is 17.2 Å². The van der Waals surface area contributed by atoms with Crippen LogP contribution in [0.25, 0.3) is 0 Å². The third-order valence-electron chi connectivity index (χ3n) is 2.59. The summed E-state index contributed by atoms with van der Waals surface area (Å²) in [4.78, 5) is 14.0. The monoisotopic (exact) mass is 296 g/mol. The number of H-pyrrole nitrogens is 1. The van der Waals surface area contributed by atoms with E-state index >= 15 is 0 Å². The van der Waals surface area contributed by atoms with Crippen LogP contribution in [0.1, 0.15) is 5.69 Å². The van der Waals surface area contributed by atoms with Crippen LogP contribution < -0.4 is 20.3 Å². The van der Waals surface area contributed by atoms with E-state index in [1.165, 1.54) is 14.2 Å². The highest BCUT2D eigenvalue weighted by Crippen LogP contribution is 2.36. The zero-order valence-corrected chi connectivity index (χ0v) is 11.9. The molecule has 1 heterocycles. The van der Waals surface area contributed by atoms with Crippen molar-refractivity contribution in [3.05, 3.63) is 33.2 Å². The predicted octanol–water partition coefficient (Wildman–Crippen LogP) is 1.89. The van der Waals surface area contributed by atoms with Crippen molar-refractivity contribution in [2.75, 3.05) is 19.5 Å². The van der Waals surface area contributed by atoms with Crippen LogP contribution in [0.2, 0.25) is 5.02 Å². The van der Waals surface area contributed by atoms with Gasteiger partial charge < -0.3 is 14.8 Å². The van der Waals surface area contributed by atoms with Crippen molar-refractivity contribution in [1.82, 2.24) is 15.2 Å². The summed E-state index contributed by atoms with van der Waals surface area (Å²) in [5, 5.41) is 10.9. The molecule has 2 aromatic rings. The molecule has 0 radical (unpaired) electrons. The fourth-order valence-corrected chi connectivity index (χ4v) is 1.77. The Morgan fingerprint density at radius 2 is 1.90 bits per heavy atom. The highest BCUT2D eigenvalue weighted by Gasteiger charge is 2.11. The zero-order valence-electron chi connectivity index (χ0n) is 11.2. The molecular formula is C12H13ClN4O3. The third-order valence-corrected chi connectivity index (χ3v) is 2.88. The van der Waals surface area contributed by atoms with E-state index in [2.05, 4.69) is 20.5 Å². The maximum absolute atomic E-state index is 11.5. The van der Waals surface area contributed by atoms with E-state index in [4.69, 9.17) is 21.1 Å². The quantitative estimate of drug-likeness (QED) is 0.895. The van der Waals surface area contributed by atoms with E-state index in [0.29, 0.717) is 22.2 Å². The Kier molecular flexibility index (Phi) is 4.09. The first-order valence-electron chi connectivity index (χ1n) is 5.67. The standard InChI is InChI=1S/C12H13ClN4O3/c1-6-11(18)15-12(17-16-6)14-8-5-9(19-2)7(13)4-10(8)20-3/h4-5H,1-3H3,(H2,14,15,17,18). The van der Waals surface area contributed by atoms with Crippen molar-refractivity contribution >= 4 is 23.2 Å². The summed E-state index contributed by atoms with van der Waals surface area (Å²) in [7, 11) is 3.01. The number of hydrogen-bond donors (Lipinski definition) is 2. The molecule has 0 fully saturated rings. The van der Waals surface area contributed by atoms with Crippen molar-refractivity contribution in [2.45, 2.75) is 6.92 Å². The van der Waals surface area contributed by atoms with Gasteiger partial charge in [0.05, 0.1) is 24.9 Å². The molecule has 2 N–H and O–H groups in total. The fourth-order valence-electron chi connectivity index (χ4n) is 1.54. The zero-order chi connectivity index (χ0) is 14.7. The number of rotatable bonds is 4. The van der Waals surface area contributed by atoms with Crippen LogP contribution >= 0.6 is 11.6 Å². The highest BCUT2D eigenvalue weighted by atomic mass is 35.5. The molecule has 0 spiro atoms. The minimum atomic E-state index is -0.317. The Morgan fingerprint density at radius 3 is 2.50 bits per heavy atom. The Hall–Kier alpha value is -2.28. The maximum atomic E-state index is 11.5. The van der Waals surface area contributed by atoms with Crippen molar-refractivity contribution in [2.24, 2.45) is 0 Å². The van der Waals surface area contributed by atoms with Crippen LogP contribution in [0.3, 0.4) is 0 Å². The number of aromatic amines is 1. The molecule has 1 aromatic heterocycles. The second-order valence-electron chi connectivity index (χ2n) is 3.90. The molecular weight excluding hydrogens is 284 g/mol. The van der Waals surface area contributed by atoms with Gasteiger partial charge in [-0.05, 0) is 6.92 Å². The van der Waals surface area contributed by atoms with E-state index < -0.39 is 0 Å². The SMILES string of the molecule is COc1cc(Nc2nnc(C)c(=O)[nH]2)c(OC)cc1Cl. The molecule has 0 saturated carbocycles. The normalized spacial score (nSPS) is 10.2. The first kappa shape index (κ1) is 14.1. The van der Waals surface area contributed by atoms with E-state index in [9.17, 15) is 4.79 Å². The number of halogens is 1. The molecule has 0 aliphatic heterocycles. The predicted molar refractivity (Wildman–Crippen MR) is 75.2 cm³/mol. The van der Waals surface area contributed by atoms with E-state index in [1.807, 2.05) is 0 Å². The minimum absolute atomic E-state index is 0.197. The Labute approximate surface area is 119 Å². The number of nitrogens with zero attached hydrogens (tertiary/aromatic N) is 2. The van der Waals surface area contributed by atoms with E-state index in [0.717, 1.165) is 0 Å². The lowest BCUT2D eigenvalue weighted by atomic mass is 10.2. The molecule has 0 aliphatic rings. The lowest BCUT2D eigenvalue weighted by Crippen LogP contribution is -2.15. The summed E-state index contributed by atoms with van der Waals surface area (Å²) < 4.78 is 10.3. The van der Waals surface area contributed by atoms with Crippen LogP contribution in [0.4, 0.5) is 11.6 Å². The number of benzene rings is 1. The van der Waals surface area contributed by atoms with Gasteiger partial charge in [0, 0.05) is 12.1 Å². The summed E-state index contributed by atoms with van der Waals surface area (Å²) in [5.41, 5.74) is 0.515. The number of methoxy groups -OCH3 is 2. The summed E-state index contributed by atoms with van der Waals surface area (Å²) in [6.45, 7) is 1.57. The van der Waals surface area contributed by atoms with E-state index in [-0.39, 0.29) is 17.2 Å². The van der Waals surface area contributed by atoms with Gasteiger partial charge in [-0.15, -0.1) is 10.2 Å². The molecule has 106 valence electrons. The van der Waals surface area contributed by atoms with Gasteiger partial charge >= 0.3 is 0 Å². The maximum Gasteiger partial charge on any atom is 0.273 e. The third kappa shape index (κ3) is 2.83. The number of aromatic nitrogens is 3. The Balaban J connectivity index is 2.41. The highest BCUT2D eigenvalue weighted by molar-refractivity contribution is 6.32.